The van der Waals surface area contributed by atoms with Gasteiger partial charge in [-0.15, -0.1) is 0 Å². The number of aromatic amines is 1. The van der Waals surface area contributed by atoms with Gasteiger partial charge in [-0.05, 0) is 18.9 Å². The standard InChI is InChI=1S/C10H8N4/c11-4-7-3-8-5-12-14-10(8)13-9(7)6-1-2-6/h3,5-6H,1-2H2,(H,12,13,14). The van der Waals surface area contributed by atoms with Gasteiger partial charge in [-0.2, -0.15) is 10.4 Å². The second kappa shape index (κ2) is 2.55. The summed E-state index contributed by atoms with van der Waals surface area (Å²) in [4.78, 5) is 4.43. The first-order chi connectivity index (χ1) is 6.88. The van der Waals surface area contributed by atoms with E-state index in [2.05, 4.69) is 21.3 Å². The van der Waals surface area contributed by atoms with Gasteiger partial charge >= 0.3 is 0 Å². The molecule has 0 radical (unpaired) electrons. The van der Waals surface area contributed by atoms with Crippen molar-refractivity contribution in [1.82, 2.24) is 15.2 Å². The maximum absolute atomic E-state index is 8.97. The topological polar surface area (TPSA) is 65.4 Å². The summed E-state index contributed by atoms with van der Waals surface area (Å²) in [5.41, 5.74) is 2.41. The van der Waals surface area contributed by atoms with Crippen LogP contribution in [0, 0.1) is 11.3 Å². The molecule has 2 aromatic rings. The van der Waals surface area contributed by atoms with E-state index in [1.165, 1.54) is 0 Å². The van der Waals surface area contributed by atoms with E-state index in [9.17, 15) is 0 Å². The van der Waals surface area contributed by atoms with Crippen LogP contribution in [0.3, 0.4) is 0 Å². The van der Waals surface area contributed by atoms with E-state index in [0.29, 0.717) is 11.5 Å². The highest BCUT2D eigenvalue weighted by Crippen LogP contribution is 2.40. The molecule has 0 aromatic carbocycles. The Morgan fingerprint density at radius 3 is 3.07 bits per heavy atom. The number of aromatic nitrogens is 3. The molecule has 1 saturated carbocycles. The van der Waals surface area contributed by atoms with Crippen molar-refractivity contribution in [1.29, 1.82) is 5.26 Å². The van der Waals surface area contributed by atoms with Crippen molar-refractivity contribution in [3.8, 4) is 6.07 Å². The number of H-pyrrole nitrogens is 1. The van der Waals surface area contributed by atoms with Gasteiger partial charge < -0.3 is 0 Å². The zero-order valence-electron chi connectivity index (χ0n) is 7.49. The van der Waals surface area contributed by atoms with Crippen LogP contribution in [0.25, 0.3) is 11.0 Å². The zero-order chi connectivity index (χ0) is 9.54. The lowest BCUT2D eigenvalue weighted by atomic mass is 10.1. The van der Waals surface area contributed by atoms with Gasteiger partial charge in [0, 0.05) is 11.3 Å². The molecule has 4 heteroatoms. The summed E-state index contributed by atoms with van der Waals surface area (Å²) in [5.74, 6) is 0.498. The van der Waals surface area contributed by atoms with Gasteiger partial charge in [0.05, 0.1) is 17.5 Å². The maximum Gasteiger partial charge on any atom is 0.155 e. The van der Waals surface area contributed by atoms with E-state index in [-0.39, 0.29) is 0 Å². The second-order valence-corrected chi connectivity index (χ2v) is 3.62. The third-order valence-corrected chi connectivity index (χ3v) is 2.54. The van der Waals surface area contributed by atoms with Crippen LogP contribution >= 0.6 is 0 Å². The molecule has 3 rings (SSSR count). The molecule has 1 N–H and O–H groups in total. The summed E-state index contributed by atoms with van der Waals surface area (Å²) >= 11 is 0. The zero-order valence-corrected chi connectivity index (χ0v) is 7.49. The number of nitrogens with one attached hydrogen (secondary N) is 1. The van der Waals surface area contributed by atoms with Crippen LogP contribution < -0.4 is 0 Å². The average molecular weight is 184 g/mol. The molecule has 14 heavy (non-hydrogen) atoms. The summed E-state index contributed by atoms with van der Waals surface area (Å²) in [6.07, 6.45) is 4.00. The van der Waals surface area contributed by atoms with Gasteiger partial charge in [-0.3, -0.25) is 5.10 Å². The normalized spacial score (nSPS) is 15.6. The van der Waals surface area contributed by atoms with E-state index in [0.717, 1.165) is 29.6 Å². The Kier molecular flexibility index (Phi) is 1.37. The first kappa shape index (κ1) is 7.51. The Balaban J connectivity index is 2.29. The van der Waals surface area contributed by atoms with E-state index in [4.69, 9.17) is 5.26 Å². The molecule has 0 aliphatic heterocycles. The molecule has 2 aromatic heterocycles. The van der Waals surface area contributed by atoms with Gasteiger partial charge in [0.2, 0.25) is 0 Å². The molecule has 0 atom stereocenters. The summed E-state index contributed by atoms with van der Waals surface area (Å²) in [5, 5.41) is 16.6. The minimum Gasteiger partial charge on any atom is -0.261 e. The number of rotatable bonds is 1. The third kappa shape index (κ3) is 0.990. The van der Waals surface area contributed by atoms with Crippen molar-refractivity contribution in [2.24, 2.45) is 0 Å². The van der Waals surface area contributed by atoms with Crippen LogP contribution in [0.5, 0.6) is 0 Å². The Morgan fingerprint density at radius 1 is 1.50 bits per heavy atom. The molecule has 2 heterocycles. The van der Waals surface area contributed by atoms with E-state index < -0.39 is 0 Å². The number of fused-ring (bicyclic) bond motifs is 1. The van der Waals surface area contributed by atoms with E-state index in [1.54, 1.807) is 6.20 Å². The van der Waals surface area contributed by atoms with E-state index >= 15 is 0 Å². The second-order valence-electron chi connectivity index (χ2n) is 3.62. The SMILES string of the molecule is N#Cc1cc2cn[nH]c2nc1C1CC1. The molecule has 0 bridgehead atoms. The minimum atomic E-state index is 0.498. The van der Waals surface area contributed by atoms with Crippen molar-refractivity contribution in [3.05, 3.63) is 23.5 Å². The molecule has 0 saturated heterocycles. The lowest BCUT2D eigenvalue weighted by Crippen LogP contribution is -1.92. The van der Waals surface area contributed by atoms with Crippen LogP contribution in [0.2, 0.25) is 0 Å². The molecule has 68 valence electrons. The van der Waals surface area contributed by atoms with Gasteiger partial charge in [0.15, 0.2) is 5.65 Å². The maximum atomic E-state index is 8.97. The van der Waals surface area contributed by atoms with Crippen molar-refractivity contribution in [3.63, 3.8) is 0 Å². The Hall–Kier alpha value is -1.89. The van der Waals surface area contributed by atoms with Gasteiger partial charge in [0.25, 0.3) is 0 Å². The molecular formula is C10H8N4. The van der Waals surface area contributed by atoms with Crippen molar-refractivity contribution in [2.45, 2.75) is 18.8 Å². The molecule has 0 unspecified atom stereocenters. The molecule has 1 aliphatic rings. The minimum absolute atomic E-state index is 0.498. The van der Waals surface area contributed by atoms with Crippen LogP contribution in [-0.2, 0) is 0 Å². The summed E-state index contributed by atoms with van der Waals surface area (Å²) in [6, 6.07) is 4.06. The van der Waals surface area contributed by atoms with E-state index in [1.807, 2.05) is 6.07 Å². The largest absolute Gasteiger partial charge is 0.261 e. The Bertz CT molecular complexity index is 531. The summed E-state index contributed by atoms with van der Waals surface area (Å²) in [6.45, 7) is 0. The quantitative estimate of drug-likeness (QED) is 0.733. The van der Waals surface area contributed by atoms with Crippen LogP contribution in [0.15, 0.2) is 12.3 Å². The summed E-state index contributed by atoms with van der Waals surface area (Å²) < 4.78 is 0. The first-order valence-corrected chi connectivity index (χ1v) is 4.62. The number of nitriles is 1. The van der Waals surface area contributed by atoms with Gasteiger partial charge in [0.1, 0.15) is 6.07 Å². The number of nitrogens with zero attached hydrogens (tertiary/aromatic N) is 3. The number of pyridine rings is 1. The molecule has 0 amide bonds. The Labute approximate surface area is 80.6 Å². The smallest absolute Gasteiger partial charge is 0.155 e. The fraction of sp³-hybridized carbons (Fsp3) is 0.300. The number of hydrogen-bond acceptors (Lipinski definition) is 3. The lowest BCUT2D eigenvalue weighted by Gasteiger charge is -1.99. The predicted molar refractivity (Wildman–Crippen MR) is 50.6 cm³/mol. The van der Waals surface area contributed by atoms with Gasteiger partial charge in [-0.1, -0.05) is 0 Å². The van der Waals surface area contributed by atoms with Crippen LogP contribution in [0.1, 0.15) is 30.0 Å². The fourth-order valence-corrected chi connectivity index (χ4v) is 1.65. The molecule has 1 aliphatic carbocycles. The molecule has 0 spiro atoms. The van der Waals surface area contributed by atoms with Crippen molar-refractivity contribution >= 4 is 11.0 Å². The lowest BCUT2D eigenvalue weighted by molar-refractivity contribution is 1.01. The van der Waals surface area contributed by atoms with Crippen molar-refractivity contribution in [2.75, 3.05) is 0 Å². The predicted octanol–water partition coefficient (Wildman–Crippen LogP) is 1.71. The molecule has 4 nitrogen and oxygen atoms in total. The highest BCUT2D eigenvalue weighted by molar-refractivity contribution is 5.76. The Morgan fingerprint density at radius 2 is 2.36 bits per heavy atom. The third-order valence-electron chi connectivity index (χ3n) is 2.54. The van der Waals surface area contributed by atoms with Crippen LogP contribution in [-0.4, -0.2) is 15.2 Å². The average Bonchev–Trinajstić information content (AvgIpc) is 2.95. The highest BCUT2D eigenvalue weighted by Gasteiger charge is 2.28. The first-order valence-electron chi connectivity index (χ1n) is 4.62. The summed E-state index contributed by atoms with van der Waals surface area (Å²) in [7, 11) is 0. The van der Waals surface area contributed by atoms with Crippen molar-refractivity contribution < 1.29 is 0 Å². The monoisotopic (exact) mass is 184 g/mol. The van der Waals surface area contributed by atoms with Crippen LogP contribution in [0.4, 0.5) is 0 Å². The molecular weight excluding hydrogens is 176 g/mol. The van der Waals surface area contributed by atoms with Gasteiger partial charge in [-0.25, -0.2) is 4.98 Å². The molecule has 1 fully saturated rings. The highest BCUT2D eigenvalue weighted by atomic mass is 15.1. The fourth-order valence-electron chi connectivity index (χ4n) is 1.65. The number of hydrogen-bond donors (Lipinski definition) is 1.